The molecular formula is C9H12FN3O. The largest absolute Gasteiger partial charge is 0.381 e. The van der Waals surface area contributed by atoms with E-state index in [1.807, 2.05) is 0 Å². The maximum atomic E-state index is 13.3. The predicted octanol–water partition coefficient (Wildman–Crippen LogP) is 0.941. The van der Waals surface area contributed by atoms with Gasteiger partial charge in [0.2, 0.25) is 0 Å². The second-order valence-electron chi connectivity index (χ2n) is 3.19. The van der Waals surface area contributed by atoms with Crippen LogP contribution in [-0.2, 0) is 0 Å². The van der Waals surface area contributed by atoms with Crippen LogP contribution in [0.15, 0.2) is 12.3 Å². The molecule has 1 heterocycles. The van der Waals surface area contributed by atoms with Gasteiger partial charge in [-0.2, -0.15) is 0 Å². The topological polar surface area (TPSA) is 68.0 Å². The van der Waals surface area contributed by atoms with E-state index in [9.17, 15) is 9.18 Å². The molecule has 0 aliphatic carbocycles. The number of pyridine rings is 1. The van der Waals surface area contributed by atoms with Crippen LogP contribution in [0.3, 0.4) is 0 Å². The fraction of sp³-hybridized carbons (Fsp3) is 0.333. The number of rotatable bonds is 2. The van der Waals surface area contributed by atoms with Gasteiger partial charge in [-0.1, -0.05) is 0 Å². The van der Waals surface area contributed by atoms with E-state index in [0.29, 0.717) is 0 Å². The van der Waals surface area contributed by atoms with Gasteiger partial charge >= 0.3 is 0 Å². The lowest BCUT2D eigenvalue weighted by molar-refractivity contribution is 0.0939. The van der Waals surface area contributed by atoms with Crippen molar-refractivity contribution in [3.8, 4) is 0 Å². The van der Waals surface area contributed by atoms with Crippen molar-refractivity contribution in [1.29, 1.82) is 0 Å². The van der Waals surface area contributed by atoms with Crippen LogP contribution in [0.4, 0.5) is 10.2 Å². The average molecular weight is 197 g/mol. The Labute approximate surface area is 81.3 Å². The van der Waals surface area contributed by atoms with Crippen LogP contribution in [0, 0.1) is 5.82 Å². The quantitative estimate of drug-likeness (QED) is 0.741. The minimum Gasteiger partial charge on any atom is -0.381 e. The molecule has 0 fully saturated rings. The first-order chi connectivity index (χ1) is 6.52. The molecule has 0 radical (unpaired) electrons. The molecule has 0 aromatic carbocycles. The summed E-state index contributed by atoms with van der Waals surface area (Å²) < 4.78 is 13.3. The van der Waals surface area contributed by atoms with Gasteiger partial charge in [0.15, 0.2) is 11.6 Å². The Morgan fingerprint density at radius 1 is 1.64 bits per heavy atom. The van der Waals surface area contributed by atoms with Crippen LogP contribution in [-0.4, -0.2) is 16.9 Å². The molecule has 14 heavy (non-hydrogen) atoms. The molecule has 76 valence electrons. The monoisotopic (exact) mass is 197 g/mol. The van der Waals surface area contributed by atoms with E-state index in [-0.39, 0.29) is 17.4 Å². The fourth-order valence-corrected chi connectivity index (χ4v) is 0.975. The number of nitrogen functional groups attached to an aromatic ring is 1. The molecule has 4 nitrogen and oxygen atoms in total. The third-order valence-corrected chi connectivity index (χ3v) is 1.58. The molecule has 0 unspecified atom stereocenters. The van der Waals surface area contributed by atoms with Crippen molar-refractivity contribution in [3.63, 3.8) is 0 Å². The maximum Gasteiger partial charge on any atom is 0.254 e. The van der Waals surface area contributed by atoms with Crippen LogP contribution in [0.5, 0.6) is 0 Å². The number of halogens is 1. The third-order valence-electron chi connectivity index (χ3n) is 1.58. The summed E-state index contributed by atoms with van der Waals surface area (Å²) in [6, 6.07) is 1.25. The zero-order valence-corrected chi connectivity index (χ0v) is 8.04. The normalized spacial score (nSPS) is 10.3. The first-order valence-electron chi connectivity index (χ1n) is 4.23. The van der Waals surface area contributed by atoms with Gasteiger partial charge in [0, 0.05) is 12.2 Å². The molecule has 3 N–H and O–H groups in total. The minimum absolute atomic E-state index is 0.0451. The number of anilines is 1. The number of nitrogens with zero attached hydrogens (tertiary/aromatic N) is 1. The van der Waals surface area contributed by atoms with E-state index in [4.69, 9.17) is 5.73 Å². The first-order valence-corrected chi connectivity index (χ1v) is 4.23. The Bertz CT molecular complexity index is 352. The van der Waals surface area contributed by atoms with E-state index in [2.05, 4.69) is 10.3 Å². The highest BCUT2D eigenvalue weighted by atomic mass is 19.1. The van der Waals surface area contributed by atoms with Crippen LogP contribution in [0.25, 0.3) is 0 Å². The highest BCUT2D eigenvalue weighted by Crippen LogP contribution is 2.11. The molecule has 1 aromatic rings. The van der Waals surface area contributed by atoms with Gasteiger partial charge in [-0.25, -0.2) is 9.37 Å². The standard InChI is InChI=1S/C9H12FN3O/c1-5(2)13-9(14)6-3-4-12-8(11)7(6)10/h3-5H,1-2H3,(H2,11,12)(H,13,14). The van der Waals surface area contributed by atoms with Crippen LogP contribution >= 0.6 is 0 Å². The molecule has 1 aromatic heterocycles. The van der Waals surface area contributed by atoms with Crippen molar-refractivity contribution in [2.24, 2.45) is 0 Å². The summed E-state index contributed by atoms with van der Waals surface area (Å²) in [4.78, 5) is 14.9. The van der Waals surface area contributed by atoms with Crippen molar-refractivity contribution in [2.75, 3.05) is 5.73 Å². The Morgan fingerprint density at radius 2 is 2.29 bits per heavy atom. The average Bonchev–Trinajstić information content (AvgIpc) is 2.08. The zero-order chi connectivity index (χ0) is 10.7. The highest BCUT2D eigenvalue weighted by Gasteiger charge is 2.14. The molecule has 0 saturated heterocycles. The molecule has 0 atom stereocenters. The first kappa shape index (κ1) is 10.4. The molecule has 0 bridgehead atoms. The van der Waals surface area contributed by atoms with E-state index >= 15 is 0 Å². The second kappa shape index (κ2) is 4.04. The van der Waals surface area contributed by atoms with Crippen LogP contribution < -0.4 is 11.1 Å². The fourth-order valence-electron chi connectivity index (χ4n) is 0.975. The van der Waals surface area contributed by atoms with Crippen molar-refractivity contribution < 1.29 is 9.18 Å². The summed E-state index contributed by atoms with van der Waals surface area (Å²) in [6.45, 7) is 3.58. The van der Waals surface area contributed by atoms with Crippen molar-refractivity contribution in [1.82, 2.24) is 10.3 Å². The lowest BCUT2D eigenvalue weighted by Crippen LogP contribution is -2.31. The van der Waals surface area contributed by atoms with Gasteiger partial charge in [-0.3, -0.25) is 4.79 Å². The molecule has 0 aliphatic rings. The van der Waals surface area contributed by atoms with Crippen LogP contribution in [0.1, 0.15) is 24.2 Å². The minimum atomic E-state index is -0.773. The number of amides is 1. The van der Waals surface area contributed by atoms with Gasteiger partial charge in [0.05, 0.1) is 5.56 Å². The highest BCUT2D eigenvalue weighted by molar-refractivity contribution is 5.95. The maximum absolute atomic E-state index is 13.3. The molecule has 1 rings (SSSR count). The number of aromatic nitrogens is 1. The van der Waals surface area contributed by atoms with Crippen molar-refractivity contribution in [2.45, 2.75) is 19.9 Å². The lowest BCUT2D eigenvalue weighted by Gasteiger charge is -2.09. The summed E-state index contributed by atoms with van der Waals surface area (Å²) >= 11 is 0. The van der Waals surface area contributed by atoms with Gasteiger partial charge in [0.25, 0.3) is 5.91 Å². The van der Waals surface area contributed by atoms with Gasteiger partial charge < -0.3 is 11.1 Å². The number of hydrogen-bond acceptors (Lipinski definition) is 3. The molecule has 0 saturated carbocycles. The SMILES string of the molecule is CC(C)NC(=O)c1ccnc(N)c1F. The number of nitrogens with one attached hydrogen (secondary N) is 1. The zero-order valence-electron chi connectivity index (χ0n) is 8.04. The second-order valence-corrected chi connectivity index (χ2v) is 3.19. The van der Waals surface area contributed by atoms with Gasteiger partial charge in [0.1, 0.15) is 0 Å². The number of carbonyl (C=O) groups excluding carboxylic acids is 1. The smallest absolute Gasteiger partial charge is 0.254 e. The van der Waals surface area contributed by atoms with Gasteiger partial charge in [-0.05, 0) is 19.9 Å². The molecular weight excluding hydrogens is 185 g/mol. The molecule has 0 aliphatic heterocycles. The van der Waals surface area contributed by atoms with Gasteiger partial charge in [-0.15, -0.1) is 0 Å². The Balaban J connectivity index is 2.96. The summed E-state index contributed by atoms with van der Waals surface area (Å²) in [5, 5.41) is 2.56. The molecule has 1 amide bonds. The van der Waals surface area contributed by atoms with E-state index in [1.54, 1.807) is 13.8 Å². The number of nitrogens with two attached hydrogens (primary N) is 1. The van der Waals surface area contributed by atoms with E-state index < -0.39 is 11.7 Å². The number of hydrogen-bond donors (Lipinski definition) is 2. The molecule has 5 heteroatoms. The molecule has 0 spiro atoms. The summed E-state index contributed by atoms with van der Waals surface area (Å²) in [5.41, 5.74) is 5.15. The predicted molar refractivity (Wildman–Crippen MR) is 51.2 cm³/mol. The van der Waals surface area contributed by atoms with Crippen molar-refractivity contribution in [3.05, 3.63) is 23.6 Å². The Morgan fingerprint density at radius 3 is 2.86 bits per heavy atom. The van der Waals surface area contributed by atoms with E-state index in [1.165, 1.54) is 12.3 Å². The summed E-state index contributed by atoms with van der Waals surface area (Å²) in [6.07, 6.45) is 1.30. The summed E-state index contributed by atoms with van der Waals surface area (Å²) in [7, 11) is 0. The Kier molecular flexibility index (Phi) is 3.01. The Hall–Kier alpha value is -1.65. The number of carbonyl (C=O) groups is 1. The lowest BCUT2D eigenvalue weighted by atomic mass is 10.2. The van der Waals surface area contributed by atoms with E-state index in [0.717, 1.165) is 0 Å². The third kappa shape index (κ3) is 2.18. The summed E-state index contributed by atoms with van der Waals surface area (Å²) in [5.74, 6) is -1.52. The van der Waals surface area contributed by atoms with Crippen molar-refractivity contribution >= 4 is 11.7 Å². The van der Waals surface area contributed by atoms with Crippen LogP contribution in [0.2, 0.25) is 0 Å².